The van der Waals surface area contributed by atoms with E-state index in [-0.39, 0.29) is 22.9 Å². The van der Waals surface area contributed by atoms with Gasteiger partial charge < -0.3 is 10.8 Å². The first-order chi connectivity index (χ1) is 16.5. The molecule has 3 N–H and O–H groups in total. The molecule has 0 fully saturated rings. The van der Waals surface area contributed by atoms with E-state index in [0.29, 0.717) is 17.7 Å². The van der Waals surface area contributed by atoms with Crippen LogP contribution in [0.3, 0.4) is 0 Å². The number of nitrogens with zero attached hydrogens (tertiary/aromatic N) is 4. The Labute approximate surface area is 197 Å². The summed E-state index contributed by atoms with van der Waals surface area (Å²) in [6, 6.07) is 11.1. The van der Waals surface area contributed by atoms with Gasteiger partial charge in [0.25, 0.3) is 0 Å². The zero-order valence-electron chi connectivity index (χ0n) is 18.6. The van der Waals surface area contributed by atoms with Crippen LogP contribution in [0.25, 0.3) is 5.73 Å². The smallest absolute Gasteiger partial charge is 0.416 e. The number of anilines is 2. The largest absolute Gasteiger partial charge is 0.678 e. The van der Waals surface area contributed by atoms with Gasteiger partial charge >= 0.3 is 17.8 Å². The molecule has 0 saturated heterocycles. The standard InChI is InChI=1S/C21H14F3N5O3.C2H6N/c1-11-16(18(30)31)17(13-7-5-12(10-25)6-8-13)29-19(26-27-20(29)32)28(11)15-4-2-3-14(9-15)21(22,23)24;1-2-3/h2-9,17H,1H3,(H,27,32)(H,30,31);3H,2H2,1H3/q;-1. The van der Waals surface area contributed by atoms with Crippen molar-refractivity contribution < 1.29 is 23.1 Å². The molecule has 9 nitrogen and oxygen atoms in total. The third kappa shape index (κ3) is 4.80. The van der Waals surface area contributed by atoms with E-state index in [1.807, 2.05) is 6.07 Å². The fourth-order valence-electron chi connectivity index (χ4n) is 3.74. The second-order valence-electron chi connectivity index (χ2n) is 7.38. The van der Waals surface area contributed by atoms with Gasteiger partial charge in [-0.1, -0.05) is 25.1 Å². The second-order valence-corrected chi connectivity index (χ2v) is 7.38. The Morgan fingerprint density at radius 2 is 1.89 bits per heavy atom. The van der Waals surface area contributed by atoms with Crippen LogP contribution in [0, 0.1) is 11.3 Å². The molecule has 1 aromatic heterocycles. The molecule has 3 aromatic rings. The molecule has 1 unspecified atom stereocenters. The average molecular weight is 485 g/mol. The number of aromatic amines is 1. The van der Waals surface area contributed by atoms with E-state index < -0.39 is 29.4 Å². The number of hydrogen-bond acceptors (Lipinski definition) is 5. The van der Waals surface area contributed by atoms with Crippen molar-refractivity contribution in [1.29, 1.82) is 5.26 Å². The summed E-state index contributed by atoms with van der Waals surface area (Å²) in [7, 11) is 0. The van der Waals surface area contributed by atoms with Crippen molar-refractivity contribution in [3.63, 3.8) is 0 Å². The first-order valence-corrected chi connectivity index (χ1v) is 10.3. The Balaban J connectivity index is 0.00000108. The molecule has 0 radical (unpaired) electrons. The highest BCUT2D eigenvalue weighted by atomic mass is 19.4. The highest BCUT2D eigenvalue weighted by Crippen LogP contribution is 2.42. The van der Waals surface area contributed by atoms with Gasteiger partial charge in [0.05, 0.1) is 22.8 Å². The number of rotatable bonds is 3. The summed E-state index contributed by atoms with van der Waals surface area (Å²) in [5.74, 6) is -1.42. The molecule has 1 aliphatic rings. The number of carbonyl (C=O) groups is 1. The molecule has 0 spiro atoms. The second kappa shape index (κ2) is 9.86. The molecule has 0 bridgehead atoms. The van der Waals surface area contributed by atoms with E-state index in [9.17, 15) is 27.9 Å². The van der Waals surface area contributed by atoms with E-state index in [1.165, 1.54) is 48.2 Å². The van der Waals surface area contributed by atoms with Gasteiger partial charge in [-0.05, 0) is 42.8 Å². The van der Waals surface area contributed by atoms with Crippen molar-refractivity contribution in [2.75, 3.05) is 11.4 Å². The van der Waals surface area contributed by atoms with Crippen molar-refractivity contribution in [3.05, 3.63) is 92.7 Å². The number of carboxylic acid groups (broad SMARTS) is 1. The fourth-order valence-corrected chi connectivity index (χ4v) is 3.74. The van der Waals surface area contributed by atoms with Crippen LogP contribution in [0.15, 0.2) is 64.6 Å². The number of nitriles is 1. The molecule has 1 atom stereocenters. The van der Waals surface area contributed by atoms with Gasteiger partial charge in [0.15, 0.2) is 0 Å². The highest BCUT2D eigenvalue weighted by Gasteiger charge is 2.39. The Morgan fingerprint density at radius 1 is 1.26 bits per heavy atom. The minimum absolute atomic E-state index is 0.00500. The number of fused-ring (bicyclic) bond motifs is 1. The minimum Gasteiger partial charge on any atom is -0.678 e. The quantitative estimate of drug-likeness (QED) is 0.555. The Hall–Kier alpha value is -4.37. The molecule has 12 heteroatoms. The predicted octanol–water partition coefficient (Wildman–Crippen LogP) is 4.62. The summed E-state index contributed by atoms with van der Waals surface area (Å²) in [4.78, 5) is 26.1. The first-order valence-electron chi connectivity index (χ1n) is 10.3. The van der Waals surface area contributed by atoms with Crippen molar-refractivity contribution in [2.45, 2.75) is 26.1 Å². The third-order valence-corrected chi connectivity index (χ3v) is 5.16. The Bertz CT molecular complexity index is 1370. The number of alkyl halides is 3. The molecule has 1 aliphatic heterocycles. The summed E-state index contributed by atoms with van der Waals surface area (Å²) in [6.07, 6.45) is -4.62. The van der Waals surface area contributed by atoms with E-state index >= 15 is 0 Å². The topological polar surface area (TPSA) is 139 Å². The zero-order valence-corrected chi connectivity index (χ0v) is 18.6. The molecule has 0 saturated carbocycles. The van der Waals surface area contributed by atoms with E-state index in [1.54, 1.807) is 6.92 Å². The lowest BCUT2D eigenvalue weighted by Crippen LogP contribution is -2.37. The number of nitrogens with one attached hydrogen (secondary N) is 2. The monoisotopic (exact) mass is 485 g/mol. The van der Waals surface area contributed by atoms with Gasteiger partial charge in [0.1, 0.15) is 6.04 Å². The minimum atomic E-state index is -4.62. The molecule has 182 valence electrons. The number of H-pyrrole nitrogens is 1. The molecule has 2 heterocycles. The summed E-state index contributed by atoms with van der Waals surface area (Å²) >= 11 is 0. The maximum Gasteiger partial charge on any atom is 0.416 e. The lowest BCUT2D eigenvalue weighted by atomic mass is 9.94. The fraction of sp³-hybridized carbons (Fsp3) is 0.217. The van der Waals surface area contributed by atoms with E-state index in [4.69, 9.17) is 11.0 Å². The van der Waals surface area contributed by atoms with Gasteiger partial charge in [-0.25, -0.2) is 19.3 Å². The Kier molecular flexibility index (Phi) is 7.12. The van der Waals surface area contributed by atoms with Crippen LogP contribution >= 0.6 is 0 Å². The number of hydrogen-bond donors (Lipinski definition) is 2. The van der Waals surface area contributed by atoms with Gasteiger partial charge in [0, 0.05) is 11.4 Å². The molecule has 35 heavy (non-hydrogen) atoms. The number of allylic oxidation sites excluding steroid dienone is 1. The zero-order chi connectivity index (χ0) is 25.9. The van der Waals surface area contributed by atoms with Crippen LogP contribution < -0.4 is 10.6 Å². The summed E-state index contributed by atoms with van der Waals surface area (Å²) in [5.41, 5.74) is 5.15. The summed E-state index contributed by atoms with van der Waals surface area (Å²) < 4.78 is 40.8. The molecule has 0 amide bonds. The maximum absolute atomic E-state index is 13.3. The lowest BCUT2D eigenvalue weighted by molar-refractivity contribution is -0.137. The van der Waals surface area contributed by atoms with Gasteiger partial charge in [-0.3, -0.25) is 4.90 Å². The van der Waals surface area contributed by atoms with Crippen molar-refractivity contribution >= 4 is 17.6 Å². The maximum atomic E-state index is 13.3. The van der Waals surface area contributed by atoms with Crippen LogP contribution in [0.5, 0.6) is 0 Å². The number of aromatic nitrogens is 3. The number of halogens is 3. The SMILES string of the molecule is CC1=C(C(=O)O)C(c2ccc(C#N)cc2)n2c(n[nH]c2=O)N1c1cccc(C(F)(F)F)c1.CC[NH-]. The average Bonchev–Trinajstić information content (AvgIpc) is 3.19. The third-order valence-electron chi connectivity index (χ3n) is 5.16. The van der Waals surface area contributed by atoms with Crippen LogP contribution in [0.2, 0.25) is 0 Å². The van der Waals surface area contributed by atoms with Crippen LogP contribution in [0.4, 0.5) is 24.8 Å². The van der Waals surface area contributed by atoms with Crippen molar-refractivity contribution in [3.8, 4) is 6.07 Å². The molecule has 2 aromatic carbocycles. The normalized spacial score (nSPS) is 15.1. The molecular formula is C23H20F3N6O3-. The van der Waals surface area contributed by atoms with Crippen LogP contribution in [-0.4, -0.2) is 32.4 Å². The van der Waals surface area contributed by atoms with Gasteiger partial charge in [0.2, 0.25) is 5.95 Å². The molecule has 0 aliphatic carbocycles. The first kappa shape index (κ1) is 25.3. The summed E-state index contributed by atoms with van der Waals surface area (Å²) in [6.45, 7) is 3.73. The van der Waals surface area contributed by atoms with Crippen molar-refractivity contribution in [2.24, 2.45) is 0 Å². The van der Waals surface area contributed by atoms with Gasteiger partial charge in [-0.15, -0.1) is 5.10 Å². The van der Waals surface area contributed by atoms with Crippen molar-refractivity contribution in [1.82, 2.24) is 14.8 Å². The van der Waals surface area contributed by atoms with Gasteiger partial charge in [-0.2, -0.15) is 25.0 Å². The summed E-state index contributed by atoms with van der Waals surface area (Å²) in [5, 5.41) is 25.2. The molecule has 4 rings (SSSR count). The predicted molar refractivity (Wildman–Crippen MR) is 121 cm³/mol. The molecular weight excluding hydrogens is 465 g/mol. The van der Waals surface area contributed by atoms with E-state index in [2.05, 4.69) is 10.2 Å². The van der Waals surface area contributed by atoms with Crippen LogP contribution in [-0.2, 0) is 11.0 Å². The number of aliphatic carboxylic acids is 1. The van der Waals surface area contributed by atoms with E-state index in [0.717, 1.165) is 16.7 Å². The Morgan fingerprint density at radius 3 is 2.43 bits per heavy atom. The van der Waals surface area contributed by atoms with Crippen LogP contribution in [0.1, 0.15) is 36.6 Å². The number of benzene rings is 2. The lowest BCUT2D eigenvalue weighted by Gasteiger charge is -2.35. The highest BCUT2D eigenvalue weighted by molar-refractivity contribution is 5.92. The number of carboxylic acids is 1.